The molecule has 0 aliphatic heterocycles. The number of fused-ring (bicyclic) bond motifs is 17. The zero-order chi connectivity index (χ0) is 45.9. The van der Waals surface area contributed by atoms with Crippen molar-refractivity contribution in [1.82, 2.24) is 0 Å². The Morgan fingerprint density at radius 1 is 0.214 bits per heavy atom. The van der Waals surface area contributed by atoms with Crippen LogP contribution in [0.3, 0.4) is 0 Å². The van der Waals surface area contributed by atoms with Gasteiger partial charge in [0.25, 0.3) is 0 Å². The summed E-state index contributed by atoms with van der Waals surface area (Å²) in [6, 6.07) is 87.5. The normalized spacial score (nSPS) is 12.0. The van der Waals surface area contributed by atoms with Gasteiger partial charge >= 0.3 is 0 Å². The minimum Gasteiger partial charge on any atom is -0.455 e. The van der Waals surface area contributed by atoms with E-state index in [1.807, 2.05) is 0 Å². The Morgan fingerprint density at radius 3 is 1.01 bits per heavy atom. The van der Waals surface area contributed by atoms with Crippen LogP contribution in [0.5, 0.6) is 0 Å². The van der Waals surface area contributed by atoms with Crippen LogP contribution in [0.1, 0.15) is 0 Å². The van der Waals surface area contributed by atoms with Crippen molar-refractivity contribution in [3.63, 3.8) is 0 Å². The molecule has 13 aromatic carbocycles. The van der Waals surface area contributed by atoms with E-state index in [9.17, 15) is 0 Å². The summed E-state index contributed by atoms with van der Waals surface area (Å²) in [6.45, 7) is 0. The SMILES string of the molecule is c1ccc(N(c2ccc3c(ccc4c3oc3ccc5oc6c7ccc(N(c8ccccc8)c8ccc9ccc%10ccccc%10c9c8)cc7ccc6c5c34)c2)c2ccc3ccc4ccccc4c3c2)cc1. The highest BCUT2D eigenvalue weighted by Crippen LogP contribution is 2.46. The molecule has 0 aliphatic rings. The Kier molecular flexibility index (Phi) is 8.33. The molecule has 0 atom stereocenters. The van der Waals surface area contributed by atoms with E-state index in [0.29, 0.717) is 0 Å². The van der Waals surface area contributed by atoms with E-state index in [0.717, 1.165) is 99.5 Å². The van der Waals surface area contributed by atoms with Crippen LogP contribution in [0.25, 0.3) is 109 Å². The van der Waals surface area contributed by atoms with Crippen LogP contribution in [-0.2, 0) is 0 Å². The molecule has 0 bridgehead atoms. The second kappa shape index (κ2) is 15.1. The first-order valence-electron chi connectivity index (χ1n) is 23.9. The molecule has 2 heterocycles. The lowest BCUT2D eigenvalue weighted by Gasteiger charge is -2.26. The van der Waals surface area contributed by atoms with Crippen molar-refractivity contribution < 1.29 is 8.83 Å². The van der Waals surface area contributed by atoms with Gasteiger partial charge in [-0.15, -0.1) is 0 Å². The van der Waals surface area contributed by atoms with Crippen molar-refractivity contribution in [2.75, 3.05) is 9.80 Å². The van der Waals surface area contributed by atoms with Crippen LogP contribution >= 0.6 is 0 Å². The lowest BCUT2D eigenvalue weighted by Crippen LogP contribution is -2.09. The lowest BCUT2D eigenvalue weighted by atomic mass is 9.99. The number of hydrogen-bond donors (Lipinski definition) is 0. The molecular weight excluding hydrogens is 853 g/mol. The van der Waals surface area contributed by atoms with Gasteiger partial charge < -0.3 is 18.6 Å². The molecule has 70 heavy (non-hydrogen) atoms. The summed E-state index contributed by atoms with van der Waals surface area (Å²) in [6.07, 6.45) is 0. The summed E-state index contributed by atoms with van der Waals surface area (Å²) in [5, 5.41) is 18.5. The van der Waals surface area contributed by atoms with Gasteiger partial charge in [0.05, 0.1) is 0 Å². The third kappa shape index (κ3) is 5.90. The van der Waals surface area contributed by atoms with Crippen molar-refractivity contribution in [2.45, 2.75) is 0 Å². The molecule has 4 nitrogen and oxygen atoms in total. The zero-order valence-electron chi connectivity index (χ0n) is 37.8. The van der Waals surface area contributed by atoms with Crippen LogP contribution in [0.4, 0.5) is 34.1 Å². The third-order valence-electron chi connectivity index (χ3n) is 14.5. The van der Waals surface area contributed by atoms with E-state index < -0.39 is 0 Å². The number of para-hydroxylation sites is 2. The fourth-order valence-corrected chi connectivity index (χ4v) is 11.3. The van der Waals surface area contributed by atoms with Crippen molar-refractivity contribution >= 4 is 143 Å². The minimum atomic E-state index is 0.841. The molecule has 0 aliphatic carbocycles. The van der Waals surface area contributed by atoms with Gasteiger partial charge in [0, 0.05) is 66.4 Å². The molecule has 4 heteroatoms. The molecule has 0 fully saturated rings. The Hall–Kier alpha value is -9.38. The Balaban J connectivity index is 0.851. The zero-order valence-corrected chi connectivity index (χ0v) is 37.8. The first-order chi connectivity index (χ1) is 34.7. The quantitative estimate of drug-likeness (QED) is 0.156. The number of anilines is 6. The van der Waals surface area contributed by atoms with E-state index in [1.54, 1.807) is 0 Å². The van der Waals surface area contributed by atoms with E-state index in [2.05, 4.69) is 252 Å². The average Bonchev–Trinajstić information content (AvgIpc) is 4.00. The summed E-state index contributed by atoms with van der Waals surface area (Å²) < 4.78 is 13.7. The fraction of sp³-hybridized carbons (Fsp3) is 0. The number of rotatable bonds is 6. The van der Waals surface area contributed by atoms with Gasteiger partial charge in [0.2, 0.25) is 0 Å². The summed E-state index contributed by atoms with van der Waals surface area (Å²) >= 11 is 0. The maximum absolute atomic E-state index is 6.85. The highest BCUT2D eigenvalue weighted by atomic mass is 16.3. The Labute approximate surface area is 402 Å². The van der Waals surface area contributed by atoms with Crippen molar-refractivity contribution in [3.8, 4) is 0 Å². The average molecular weight is 893 g/mol. The predicted octanol–water partition coefficient (Wildman–Crippen LogP) is 19.3. The molecule has 15 rings (SSSR count). The maximum atomic E-state index is 6.85. The standard InChI is InChI=1S/C66H40N2O2/c1-3-13-47(14-4-1)67(51-27-23-43-21-19-41-11-7-9-17-53(41)59(43)39-51)49-29-33-55-45(37-49)25-31-57-63-61(69-65(55)57)35-36-62-64(63)58-32-26-46-38-50(30-34-56(46)66(58)70-62)68(48-15-5-2-6-16-48)52-28-24-44-22-20-42-12-8-10-18-54(42)60(44)40-52/h1-40H. The van der Waals surface area contributed by atoms with Gasteiger partial charge in [-0.2, -0.15) is 0 Å². The molecule has 0 unspecified atom stereocenters. The van der Waals surface area contributed by atoms with Crippen molar-refractivity contribution in [2.24, 2.45) is 0 Å². The van der Waals surface area contributed by atoms with Gasteiger partial charge in [-0.3, -0.25) is 0 Å². The molecule has 0 saturated heterocycles. The fourth-order valence-electron chi connectivity index (χ4n) is 11.3. The number of hydrogen-bond acceptors (Lipinski definition) is 4. The second-order valence-electron chi connectivity index (χ2n) is 18.4. The van der Waals surface area contributed by atoms with Gasteiger partial charge in [-0.05, 0) is 163 Å². The van der Waals surface area contributed by atoms with Crippen molar-refractivity contribution in [3.05, 3.63) is 243 Å². The van der Waals surface area contributed by atoms with Crippen LogP contribution in [0.15, 0.2) is 251 Å². The number of nitrogens with zero attached hydrogens (tertiary/aromatic N) is 2. The number of furan rings is 2. The maximum Gasteiger partial charge on any atom is 0.143 e. The van der Waals surface area contributed by atoms with E-state index in [1.165, 1.54) is 43.1 Å². The molecule has 0 radical (unpaired) electrons. The number of benzene rings is 13. The summed E-state index contributed by atoms with van der Waals surface area (Å²) in [4.78, 5) is 4.70. The smallest absolute Gasteiger partial charge is 0.143 e. The minimum absolute atomic E-state index is 0.841. The first-order valence-corrected chi connectivity index (χ1v) is 23.9. The van der Waals surface area contributed by atoms with Crippen LogP contribution in [-0.4, -0.2) is 0 Å². The predicted molar refractivity (Wildman–Crippen MR) is 295 cm³/mol. The summed E-state index contributed by atoms with van der Waals surface area (Å²) in [5.41, 5.74) is 9.97. The van der Waals surface area contributed by atoms with Crippen LogP contribution in [0, 0.1) is 0 Å². The molecule has 0 N–H and O–H groups in total. The molecular formula is C66H40N2O2. The highest BCUT2D eigenvalue weighted by Gasteiger charge is 2.22. The van der Waals surface area contributed by atoms with Gasteiger partial charge in [-0.25, -0.2) is 0 Å². The van der Waals surface area contributed by atoms with Crippen LogP contribution < -0.4 is 9.80 Å². The molecule has 15 aromatic rings. The second-order valence-corrected chi connectivity index (χ2v) is 18.4. The molecule has 0 amide bonds. The highest BCUT2D eigenvalue weighted by molar-refractivity contribution is 6.30. The first kappa shape index (κ1) is 38.7. The third-order valence-corrected chi connectivity index (χ3v) is 14.5. The molecule has 0 spiro atoms. The summed E-state index contributed by atoms with van der Waals surface area (Å²) in [7, 11) is 0. The monoisotopic (exact) mass is 892 g/mol. The topological polar surface area (TPSA) is 32.8 Å². The Bertz CT molecular complexity index is 4310. The van der Waals surface area contributed by atoms with E-state index >= 15 is 0 Å². The van der Waals surface area contributed by atoms with E-state index in [4.69, 9.17) is 8.83 Å². The molecule has 0 saturated carbocycles. The van der Waals surface area contributed by atoms with Gasteiger partial charge in [0.1, 0.15) is 22.3 Å². The van der Waals surface area contributed by atoms with E-state index in [-0.39, 0.29) is 0 Å². The Morgan fingerprint density at radius 2 is 0.557 bits per heavy atom. The van der Waals surface area contributed by atoms with Crippen molar-refractivity contribution in [1.29, 1.82) is 0 Å². The summed E-state index contributed by atoms with van der Waals surface area (Å²) in [5.74, 6) is 0. The van der Waals surface area contributed by atoms with Crippen LogP contribution in [0.2, 0.25) is 0 Å². The molecule has 2 aromatic heterocycles. The lowest BCUT2D eigenvalue weighted by molar-refractivity contribution is 0.666. The molecule has 326 valence electrons. The largest absolute Gasteiger partial charge is 0.455 e. The van der Waals surface area contributed by atoms with Gasteiger partial charge in [-0.1, -0.05) is 133 Å². The van der Waals surface area contributed by atoms with Gasteiger partial charge in [0.15, 0.2) is 0 Å².